The standard InChI is InChI=1S/C29H27NO4/c31-27(32)24-17-30-25-16-20(18-3-7-21(8-4-18)28(33)11-1-12-28)15-23(26(24)25)19-5-9-22(10-6-19)29(34)13-2-14-29/h3-10,15-17,30,33-34H,1-2,11-14H2,(H,31,32). The predicted molar refractivity (Wildman–Crippen MR) is 132 cm³/mol. The minimum absolute atomic E-state index is 0.237. The minimum Gasteiger partial charge on any atom is -0.478 e. The Balaban J connectivity index is 1.46. The summed E-state index contributed by atoms with van der Waals surface area (Å²) < 4.78 is 0. The van der Waals surface area contributed by atoms with Crippen molar-refractivity contribution in [2.24, 2.45) is 0 Å². The summed E-state index contributed by atoms with van der Waals surface area (Å²) in [7, 11) is 0. The van der Waals surface area contributed by atoms with Crippen LogP contribution in [0.25, 0.3) is 33.2 Å². The minimum atomic E-state index is -0.973. The zero-order valence-electron chi connectivity index (χ0n) is 18.8. The van der Waals surface area contributed by atoms with Crippen molar-refractivity contribution in [2.45, 2.75) is 49.7 Å². The monoisotopic (exact) mass is 453 g/mol. The summed E-state index contributed by atoms with van der Waals surface area (Å²) in [6, 6.07) is 19.9. The Labute approximate surface area is 197 Å². The van der Waals surface area contributed by atoms with Crippen LogP contribution in [-0.4, -0.2) is 26.3 Å². The Kier molecular flexibility index (Phi) is 4.70. The van der Waals surface area contributed by atoms with E-state index >= 15 is 0 Å². The number of carboxylic acid groups (broad SMARTS) is 1. The molecule has 0 unspecified atom stereocenters. The molecule has 2 aliphatic rings. The highest BCUT2D eigenvalue weighted by molar-refractivity contribution is 6.11. The molecule has 0 saturated heterocycles. The van der Waals surface area contributed by atoms with Crippen LogP contribution in [0.2, 0.25) is 0 Å². The van der Waals surface area contributed by atoms with Crippen LogP contribution in [0.5, 0.6) is 0 Å². The van der Waals surface area contributed by atoms with E-state index in [0.717, 1.165) is 77.4 Å². The van der Waals surface area contributed by atoms with Crippen molar-refractivity contribution in [2.75, 3.05) is 0 Å². The van der Waals surface area contributed by atoms with Crippen LogP contribution < -0.4 is 0 Å². The van der Waals surface area contributed by atoms with Crippen molar-refractivity contribution in [3.05, 3.63) is 83.6 Å². The van der Waals surface area contributed by atoms with Gasteiger partial charge in [0.25, 0.3) is 0 Å². The quantitative estimate of drug-likeness (QED) is 0.301. The first-order valence-electron chi connectivity index (χ1n) is 11.9. The van der Waals surface area contributed by atoms with Gasteiger partial charge in [-0.2, -0.15) is 0 Å². The van der Waals surface area contributed by atoms with E-state index in [9.17, 15) is 20.1 Å². The van der Waals surface area contributed by atoms with E-state index in [1.165, 1.54) is 0 Å². The Morgan fingerprint density at radius 2 is 1.26 bits per heavy atom. The molecule has 172 valence electrons. The second kappa shape index (κ2) is 7.55. The number of aliphatic hydroxyl groups is 2. The molecule has 0 radical (unpaired) electrons. The first-order valence-corrected chi connectivity index (χ1v) is 11.9. The average molecular weight is 454 g/mol. The first-order chi connectivity index (χ1) is 16.4. The second-order valence-electron chi connectivity index (χ2n) is 9.88. The van der Waals surface area contributed by atoms with E-state index in [-0.39, 0.29) is 5.56 Å². The van der Waals surface area contributed by atoms with Gasteiger partial charge in [0.2, 0.25) is 0 Å². The lowest BCUT2D eigenvalue weighted by atomic mass is 9.75. The Hall–Kier alpha value is -3.41. The number of benzene rings is 3. The second-order valence-corrected chi connectivity index (χ2v) is 9.88. The van der Waals surface area contributed by atoms with Crippen molar-refractivity contribution in [1.29, 1.82) is 0 Å². The number of carbonyl (C=O) groups is 1. The summed E-state index contributed by atoms with van der Waals surface area (Å²) in [5, 5.41) is 31.8. The zero-order chi connectivity index (χ0) is 23.5. The van der Waals surface area contributed by atoms with Crippen LogP contribution in [-0.2, 0) is 11.2 Å². The fourth-order valence-electron chi connectivity index (χ4n) is 5.36. The van der Waals surface area contributed by atoms with Crippen molar-refractivity contribution in [3.8, 4) is 22.3 Å². The molecular formula is C29H27NO4. The number of aromatic amines is 1. The van der Waals surface area contributed by atoms with E-state index in [1.807, 2.05) is 60.7 Å². The Morgan fingerprint density at radius 3 is 1.74 bits per heavy atom. The molecule has 3 aromatic carbocycles. The van der Waals surface area contributed by atoms with Gasteiger partial charge in [-0.15, -0.1) is 0 Å². The lowest BCUT2D eigenvalue weighted by Gasteiger charge is -2.37. The number of hydrogen-bond donors (Lipinski definition) is 4. The van der Waals surface area contributed by atoms with Gasteiger partial charge < -0.3 is 20.3 Å². The van der Waals surface area contributed by atoms with Gasteiger partial charge in [-0.05, 0) is 84.0 Å². The van der Waals surface area contributed by atoms with Crippen LogP contribution in [0, 0.1) is 0 Å². The average Bonchev–Trinajstić information content (AvgIpc) is 3.25. The molecule has 4 N–H and O–H groups in total. The molecule has 34 heavy (non-hydrogen) atoms. The van der Waals surface area contributed by atoms with Gasteiger partial charge >= 0.3 is 5.97 Å². The molecule has 2 aliphatic carbocycles. The van der Waals surface area contributed by atoms with E-state index in [4.69, 9.17) is 0 Å². The molecule has 0 spiro atoms. The normalized spacial score (nSPS) is 18.3. The van der Waals surface area contributed by atoms with Crippen LogP contribution in [0.4, 0.5) is 0 Å². The maximum atomic E-state index is 11.9. The third-order valence-electron chi connectivity index (χ3n) is 7.86. The number of carboxylic acids is 1. The largest absolute Gasteiger partial charge is 0.478 e. The fourth-order valence-corrected chi connectivity index (χ4v) is 5.36. The van der Waals surface area contributed by atoms with E-state index < -0.39 is 17.2 Å². The van der Waals surface area contributed by atoms with Gasteiger partial charge in [-0.1, -0.05) is 48.5 Å². The predicted octanol–water partition coefficient (Wildman–Crippen LogP) is 5.94. The van der Waals surface area contributed by atoms with Crippen molar-refractivity contribution in [3.63, 3.8) is 0 Å². The van der Waals surface area contributed by atoms with Crippen LogP contribution in [0.3, 0.4) is 0 Å². The number of aromatic nitrogens is 1. The van der Waals surface area contributed by atoms with Crippen LogP contribution in [0.15, 0.2) is 66.9 Å². The van der Waals surface area contributed by atoms with E-state index in [1.54, 1.807) is 6.20 Å². The van der Waals surface area contributed by atoms with Gasteiger partial charge in [-0.25, -0.2) is 4.79 Å². The van der Waals surface area contributed by atoms with Crippen LogP contribution in [0.1, 0.15) is 60.0 Å². The number of hydrogen-bond acceptors (Lipinski definition) is 3. The summed E-state index contributed by atoms with van der Waals surface area (Å²) in [5.74, 6) is -0.973. The highest BCUT2D eigenvalue weighted by Gasteiger charge is 2.36. The summed E-state index contributed by atoms with van der Waals surface area (Å²) in [6.45, 7) is 0. The maximum absolute atomic E-state index is 11.9. The topological polar surface area (TPSA) is 93.5 Å². The number of H-pyrrole nitrogens is 1. The van der Waals surface area contributed by atoms with Gasteiger partial charge in [0.15, 0.2) is 0 Å². The third-order valence-corrected chi connectivity index (χ3v) is 7.86. The third kappa shape index (κ3) is 3.27. The van der Waals surface area contributed by atoms with Crippen LogP contribution >= 0.6 is 0 Å². The Bertz CT molecular complexity index is 1390. The Morgan fingerprint density at radius 1 is 0.735 bits per heavy atom. The van der Waals surface area contributed by atoms with E-state index in [2.05, 4.69) is 4.98 Å². The molecule has 6 rings (SSSR count). The summed E-state index contributed by atoms with van der Waals surface area (Å²) >= 11 is 0. The molecule has 0 bridgehead atoms. The lowest BCUT2D eigenvalue weighted by molar-refractivity contribution is -0.0391. The molecule has 5 heteroatoms. The molecule has 1 heterocycles. The van der Waals surface area contributed by atoms with Gasteiger partial charge in [0, 0.05) is 17.1 Å². The lowest BCUT2D eigenvalue weighted by Crippen LogP contribution is -2.33. The SMILES string of the molecule is O=C(O)c1c[nH]c2cc(-c3ccc(C4(O)CCC4)cc3)cc(-c3ccc(C4(O)CCC4)cc3)c12. The fraction of sp³-hybridized carbons (Fsp3) is 0.276. The summed E-state index contributed by atoms with van der Waals surface area (Å²) in [4.78, 5) is 15.1. The first kappa shape index (κ1) is 21.1. The number of fused-ring (bicyclic) bond motifs is 1. The molecule has 2 saturated carbocycles. The molecule has 2 fully saturated rings. The zero-order valence-corrected chi connectivity index (χ0v) is 18.8. The van der Waals surface area contributed by atoms with E-state index in [0.29, 0.717) is 5.39 Å². The number of nitrogens with one attached hydrogen (secondary N) is 1. The molecule has 1 aromatic heterocycles. The molecule has 0 aliphatic heterocycles. The highest BCUT2D eigenvalue weighted by atomic mass is 16.4. The van der Waals surface area contributed by atoms with Crippen molar-refractivity contribution in [1.82, 2.24) is 4.98 Å². The van der Waals surface area contributed by atoms with Crippen molar-refractivity contribution < 1.29 is 20.1 Å². The number of aromatic carboxylic acids is 1. The summed E-state index contributed by atoms with van der Waals surface area (Å²) in [6.07, 6.45) is 6.77. The maximum Gasteiger partial charge on any atom is 0.337 e. The molecule has 4 aromatic rings. The molecule has 0 atom stereocenters. The summed E-state index contributed by atoms with van der Waals surface area (Å²) in [5.41, 5.74) is 5.12. The number of rotatable bonds is 5. The highest BCUT2D eigenvalue weighted by Crippen LogP contribution is 2.43. The van der Waals surface area contributed by atoms with Crippen molar-refractivity contribution >= 4 is 16.9 Å². The smallest absolute Gasteiger partial charge is 0.337 e. The molecule has 0 amide bonds. The van der Waals surface area contributed by atoms with Gasteiger partial charge in [0.05, 0.1) is 16.8 Å². The van der Waals surface area contributed by atoms with Gasteiger partial charge in [0.1, 0.15) is 0 Å². The molecule has 5 nitrogen and oxygen atoms in total. The van der Waals surface area contributed by atoms with Gasteiger partial charge in [-0.3, -0.25) is 0 Å². The molecular weight excluding hydrogens is 426 g/mol.